The zero-order valence-corrected chi connectivity index (χ0v) is 7.15. The lowest BCUT2D eigenvalue weighted by Gasteiger charge is -2.25. The maximum Gasteiger partial charge on any atom is 0.191 e. The molecule has 0 aromatic rings. The van der Waals surface area contributed by atoms with Crippen molar-refractivity contribution in [1.82, 2.24) is 0 Å². The number of ketones is 1. The molecule has 12 heavy (non-hydrogen) atoms. The number of methoxy groups -OCH3 is 2. The first-order valence-electron chi connectivity index (χ1n) is 3.67. The lowest BCUT2D eigenvalue weighted by atomic mass is 10.1. The third kappa shape index (κ3) is 1.84. The molecular weight excluding hydrogens is 160 g/mol. The van der Waals surface area contributed by atoms with Crippen molar-refractivity contribution in [1.29, 1.82) is 0 Å². The molecule has 0 amide bonds. The van der Waals surface area contributed by atoms with E-state index in [0.29, 0.717) is 6.61 Å². The summed E-state index contributed by atoms with van der Waals surface area (Å²) in [5.74, 6) is -0.0780. The second-order valence-electron chi connectivity index (χ2n) is 2.49. The highest BCUT2D eigenvalue weighted by molar-refractivity contribution is 5.94. The van der Waals surface area contributed by atoms with Gasteiger partial charge >= 0.3 is 0 Å². The summed E-state index contributed by atoms with van der Waals surface area (Å²) in [5, 5.41) is 0. The minimum absolute atomic E-state index is 0.0780. The van der Waals surface area contributed by atoms with E-state index < -0.39 is 6.10 Å². The van der Waals surface area contributed by atoms with Crippen molar-refractivity contribution < 1.29 is 19.0 Å². The van der Waals surface area contributed by atoms with Crippen molar-refractivity contribution >= 4 is 5.78 Å². The summed E-state index contributed by atoms with van der Waals surface area (Å²) in [7, 11) is 3.03. The molecule has 0 bridgehead atoms. The third-order valence-corrected chi connectivity index (χ3v) is 1.69. The number of carbonyl (C=O) groups is 1. The molecule has 0 aromatic carbocycles. The van der Waals surface area contributed by atoms with Gasteiger partial charge in [0.05, 0.1) is 12.9 Å². The molecule has 0 saturated carbocycles. The molecule has 68 valence electrons. The number of rotatable bonds is 3. The largest absolute Gasteiger partial charge is 0.492 e. The first-order chi connectivity index (χ1) is 5.79. The summed E-state index contributed by atoms with van der Waals surface area (Å²) in [6.45, 7) is 0.356. The lowest BCUT2D eigenvalue weighted by Crippen LogP contribution is -2.41. The van der Waals surface area contributed by atoms with Crippen molar-refractivity contribution in [2.75, 3.05) is 20.8 Å². The molecule has 1 aliphatic heterocycles. The third-order valence-electron chi connectivity index (χ3n) is 1.69. The highest BCUT2D eigenvalue weighted by atomic mass is 16.6. The van der Waals surface area contributed by atoms with Gasteiger partial charge in [-0.25, -0.2) is 0 Å². The Bertz CT molecular complexity index is 187. The Kier molecular flexibility index (Phi) is 3.25. The molecule has 4 nitrogen and oxygen atoms in total. The highest BCUT2D eigenvalue weighted by Gasteiger charge is 2.30. The van der Waals surface area contributed by atoms with Gasteiger partial charge in [0.25, 0.3) is 0 Å². The summed E-state index contributed by atoms with van der Waals surface area (Å²) in [4.78, 5) is 11.2. The van der Waals surface area contributed by atoms with Gasteiger partial charge in [-0.2, -0.15) is 0 Å². The maximum atomic E-state index is 11.2. The molecule has 1 rings (SSSR count). The quantitative estimate of drug-likeness (QED) is 0.607. The van der Waals surface area contributed by atoms with E-state index in [-0.39, 0.29) is 11.9 Å². The van der Waals surface area contributed by atoms with E-state index >= 15 is 0 Å². The van der Waals surface area contributed by atoms with E-state index in [1.54, 1.807) is 7.11 Å². The van der Waals surface area contributed by atoms with Gasteiger partial charge in [-0.15, -0.1) is 0 Å². The van der Waals surface area contributed by atoms with E-state index in [9.17, 15) is 4.79 Å². The molecule has 0 unspecified atom stereocenters. The summed E-state index contributed by atoms with van der Waals surface area (Å²) in [6, 6.07) is 0. The molecule has 4 heteroatoms. The van der Waals surface area contributed by atoms with Crippen molar-refractivity contribution in [2.24, 2.45) is 0 Å². The monoisotopic (exact) mass is 172 g/mol. The molecule has 1 aliphatic rings. The van der Waals surface area contributed by atoms with E-state index in [4.69, 9.17) is 14.2 Å². The van der Waals surface area contributed by atoms with Gasteiger partial charge < -0.3 is 14.2 Å². The van der Waals surface area contributed by atoms with E-state index in [0.717, 1.165) is 0 Å². The zero-order chi connectivity index (χ0) is 8.97. The zero-order valence-electron chi connectivity index (χ0n) is 7.15. The van der Waals surface area contributed by atoms with Gasteiger partial charge in [-0.3, -0.25) is 4.79 Å². The standard InChI is InChI=1S/C8H12O4/c1-10-5-7-8(11-2)6(9)3-4-12-7/h3-4,7-8H,5H2,1-2H3/t7-,8-/m1/s1. The normalized spacial score (nSPS) is 28.7. The van der Waals surface area contributed by atoms with Gasteiger partial charge in [-0.05, 0) is 0 Å². The van der Waals surface area contributed by atoms with Crippen LogP contribution in [0.1, 0.15) is 0 Å². The van der Waals surface area contributed by atoms with E-state index in [2.05, 4.69) is 0 Å². The van der Waals surface area contributed by atoms with E-state index in [1.165, 1.54) is 19.4 Å². The van der Waals surface area contributed by atoms with Gasteiger partial charge in [0.2, 0.25) is 0 Å². The second kappa shape index (κ2) is 4.23. The van der Waals surface area contributed by atoms with Gasteiger partial charge in [0.1, 0.15) is 0 Å². The van der Waals surface area contributed by atoms with Gasteiger partial charge in [0.15, 0.2) is 18.0 Å². The summed E-state index contributed by atoms with van der Waals surface area (Å²) in [5.41, 5.74) is 0. The molecule has 0 saturated heterocycles. The average Bonchev–Trinajstić information content (AvgIpc) is 2.05. The van der Waals surface area contributed by atoms with Crippen molar-refractivity contribution in [3.63, 3.8) is 0 Å². The van der Waals surface area contributed by atoms with Crippen LogP contribution in [0.15, 0.2) is 12.3 Å². The molecule has 2 atom stereocenters. The molecule has 1 heterocycles. The van der Waals surface area contributed by atoms with Crippen molar-refractivity contribution in [3.8, 4) is 0 Å². The average molecular weight is 172 g/mol. The van der Waals surface area contributed by atoms with Crippen molar-refractivity contribution in [2.45, 2.75) is 12.2 Å². The first-order valence-corrected chi connectivity index (χ1v) is 3.67. The predicted octanol–water partition coefficient (Wildman–Crippen LogP) is 0.129. The molecule has 0 spiro atoms. The van der Waals surface area contributed by atoms with E-state index in [1.807, 2.05) is 0 Å². The Hall–Kier alpha value is -0.870. The Balaban J connectivity index is 2.61. The molecular formula is C8H12O4. The van der Waals surface area contributed by atoms with Crippen LogP contribution in [0.5, 0.6) is 0 Å². The highest BCUT2D eigenvalue weighted by Crippen LogP contribution is 2.11. The van der Waals surface area contributed by atoms with Crippen LogP contribution in [-0.2, 0) is 19.0 Å². The van der Waals surface area contributed by atoms with Gasteiger partial charge in [-0.1, -0.05) is 0 Å². The minimum Gasteiger partial charge on any atom is -0.492 e. The minimum atomic E-state index is -0.532. The topological polar surface area (TPSA) is 44.8 Å². The smallest absolute Gasteiger partial charge is 0.191 e. The van der Waals surface area contributed by atoms with Crippen LogP contribution in [0.25, 0.3) is 0 Å². The van der Waals surface area contributed by atoms with Crippen LogP contribution >= 0.6 is 0 Å². The Morgan fingerprint density at radius 2 is 2.33 bits per heavy atom. The predicted molar refractivity (Wildman–Crippen MR) is 41.7 cm³/mol. The van der Waals surface area contributed by atoms with Crippen LogP contribution in [0.3, 0.4) is 0 Å². The lowest BCUT2D eigenvalue weighted by molar-refractivity contribution is -0.137. The van der Waals surface area contributed by atoms with Gasteiger partial charge in [0, 0.05) is 20.3 Å². The maximum absolute atomic E-state index is 11.2. The Labute approximate surface area is 71.1 Å². The second-order valence-corrected chi connectivity index (χ2v) is 2.49. The SMILES string of the molecule is COC[C@H]1OC=CC(=O)[C@H]1OC. The Morgan fingerprint density at radius 1 is 1.58 bits per heavy atom. The molecule has 0 aliphatic carbocycles. The molecule has 0 N–H and O–H groups in total. The fraction of sp³-hybridized carbons (Fsp3) is 0.625. The first kappa shape index (κ1) is 9.22. The molecule has 0 fully saturated rings. The Morgan fingerprint density at radius 3 is 2.92 bits per heavy atom. The van der Waals surface area contributed by atoms with Crippen LogP contribution in [-0.4, -0.2) is 38.8 Å². The number of hydrogen-bond donors (Lipinski definition) is 0. The fourth-order valence-corrected chi connectivity index (χ4v) is 1.12. The fourth-order valence-electron chi connectivity index (χ4n) is 1.12. The number of ether oxygens (including phenoxy) is 3. The van der Waals surface area contributed by atoms with Crippen molar-refractivity contribution in [3.05, 3.63) is 12.3 Å². The molecule has 0 aromatic heterocycles. The number of carbonyl (C=O) groups excluding carboxylic acids is 1. The van der Waals surface area contributed by atoms with Crippen LogP contribution in [0.2, 0.25) is 0 Å². The number of hydrogen-bond acceptors (Lipinski definition) is 4. The summed E-state index contributed by atoms with van der Waals surface area (Å²) in [6.07, 6.45) is 1.88. The van der Waals surface area contributed by atoms with Crippen LogP contribution in [0.4, 0.5) is 0 Å². The van der Waals surface area contributed by atoms with Crippen LogP contribution in [0, 0.1) is 0 Å². The van der Waals surface area contributed by atoms with Crippen LogP contribution < -0.4 is 0 Å². The molecule has 0 radical (unpaired) electrons. The summed E-state index contributed by atoms with van der Waals surface area (Å²) >= 11 is 0. The summed E-state index contributed by atoms with van der Waals surface area (Å²) < 4.78 is 15.0.